The fourth-order valence-electron chi connectivity index (χ4n) is 5.94. The molecule has 2 aromatic heterocycles. The molecule has 1 aliphatic rings. The van der Waals surface area contributed by atoms with Crippen molar-refractivity contribution in [1.29, 1.82) is 5.26 Å². The number of anilines is 3. The largest absolute Gasteiger partial charge is 0.338 e. The van der Waals surface area contributed by atoms with Crippen LogP contribution < -0.4 is 15.8 Å². The lowest BCUT2D eigenvalue weighted by Crippen LogP contribution is -2.46. The van der Waals surface area contributed by atoms with Crippen molar-refractivity contribution in [2.75, 3.05) is 43.9 Å². The van der Waals surface area contributed by atoms with Crippen molar-refractivity contribution in [3.05, 3.63) is 76.7 Å². The molecule has 46 heavy (non-hydrogen) atoms. The van der Waals surface area contributed by atoms with Gasteiger partial charge in [0.15, 0.2) is 5.82 Å². The van der Waals surface area contributed by atoms with Gasteiger partial charge < -0.3 is 15.2 Å². The number of fused-ring (bicyclic) bond motifs is 1. The Morgan fingerprint density at radius 3 is 2.39 bits per heavy atom. The van der Waals surface area contributed by atoms with Gasteiger partial charge in [0.05, 0.1) is 28.4 Å². The lowest BCUT2D eigenvalue weighted by Gasteiger charge is -2.41. The van der Waals surface area contributed by atoms with E-state index in [-0.39, 0.29) is 16.9 Å². The smallest absolute Gasteiger partial charge is 0.261 e. The van der Waals surface area contributed by atoms with Crippen molar-refractivity contribution in [3.8, 4) is 6.07 Å². The zero-order valence-corrected chi connectivity index (χ0v) is 27.3. The molecular weight excluding hydrogens is 604 g/mol. The molecule has 2 aromatic carbocycles. The molecule has 4 aromatic rings. The molecule has 2 N–H and O–H groups in total. The SMILES string of the molecule is CCCCN(C=O)c1ccc(CN2CCC(CC#N)(n3nc(Nc4ccc(S(=O)(=O)N(C)C)cc4)c4c(=O)[nH]ccc43)CC2)cc1. The molecule has 5 rings (SSSR count). The van der Waals surface area contributed by atoms with Gasteiger partial charge in [-0.15, -0.1) is 0 Å². The highest BCUT2D eigenvalue weighted by Gasteiger charge is 2.39. The number of unbranched alkanes of at least 4 members (excludes halogenated alkanes) is 1. The number of aromatic nitrogens is 3. The van der Waals surface area contributed by atoms with Crippen molar-refractivity contribution in [1.82, 2.24) is 24.0 Å². The minimum atomic E-state index is -3.59. The molecule has 0 aliphatic carbocycles. The zero-order valence-electron chi connectivity index (χ0n) is 26.4. The van der Waals surface area contributed by atoms with Gasteiger partial charge in [-0.3, -0.25) is 19.2 Å². The summed E-state index contributed by atoms with van der Waals surface area (Å²) < 4.78 is 28.0. The molecular formula is C33H40N8O4S. The molecule has 242 valence electrons. The number of aromatic amines is 1. The number of hydrogen-bond donors (Lipinski definition) is 2. The molecule has 1 fully saturated rings. The summed E-state index contributed by atoms with van der Waals surface area (Å²) in [5.41, 5.74) is 2.30. The van der Waals surface area contributed by atoms with Gasteiger partial charge in [0.25, 0.3) is 5.56 Å². The first-order valence-corrected chi connectivity index (χ1v) is 16.9. The summed E-state index contributed by atoms with van der Waals surface area (Å²) >= 11 is 0. The van der Waals surface area contributed by atoms with Gasteiger partial charge in [0.1, 0.15) is 5.39 Å². The number of likely N-dealkylation sites (tertiary alicyclic amines) is 1. The average Bonchev–Trinajstić information content (AvgIpc) is 3.43. The molecule has 0 saturated carbocycles. The number of nitriles is 1. The topological polar surface area (TPSA) is 147 Å². The molecule has 3 heterocycles. The number of benzene rings is 2. The van der Waals surface area contributed by atoms with Crippen LogP contribution in [0.3, 0.4) is 0 Å². The van der Waals surface area contributed by atoms with E-state index in [2.05, 4.69) is 40.3 Å². The Morgan fingerprint density at radius 1 is 1.09 bits per heavy atom. The first kappa shape index (κ1) is 32.9. The van der Waals surface area contributed by atoms with Crippen molar-refractivity contribution >= 4 is 44.5 Å². The van der Waals surface area contributed by atoms with Crippen LogP contribution in [0.4, 0.5) is 17.2 Å². The number of sulfonamides is 1. The Balaban J connectivity index is 1.36. The quantitative estimate of drug-likeness (QED) is 0.204. The minimum Gasteiger partial charge on any atom is -0.338 e. The zero-order chi connectivity index (χ0) is 32.9. The van der Waals surface area contributed by atoms with Crippen LogP contribution in [-0.2, 0) is 26.9 Å². The van der Waals surface area contributed by atoms with E-state index in [1.807, 2.05) is 16.8 Å². The number of carbonyl (C=O) groups excluding carboxylic acids is 1. The van der Waals surface area contributed by atoms with Gasteiger partial charge in [-0.2, -0.15) is 10.4 Å². The number of pyridine rings is 1. The van der Waals surface area contributed by atoms with Crippen LogP contribution in [0, 0.1) is 11.3 Å². The highest BCUT2D eigenvalue weighted by atomic mass is 32.2. The molecule has 0 atom stereocenters. The predicted molar refractivity (Wildman–Crippen MR) is 178 cm³/mol. The van der Waals surface area contributed by atoms with E-state index in [1.54, 1.807) is 29.3 Å². The third-order valence-corrected chi connectivity index (χ3v) is 10.5. The second kappa shape index (κ2) is 13.9. The third kappa shape index (κ3) is 6.69. The number of H-pyrrole nitrogens is 1. The number of nitrogens with zero attached hydrogens (tertiary/aromatic N) is 6. The fraction of sp³-hybridized carbons (Fsp3) is 0.394. The number of rotatable bonds is 13. The maximum absolute atomic E-state index is 13.1. The van der Waals surface area contributed by atoms with Crippen LogP contribution in [0.25, 0.3) is 10.9 Å². The summed E-state index contributed by atoms with van der Waals surface area (Å²) in [6.45, 7) is 5.01. The van der Waals surface area contributed by atoms with E-state index in [0.717, 1.165) is 54.4 Å². The van der Waals surface area contributed by atoms with Crippen molar-refractivity contribution < 1.29 is 13.2 Å². The molecule has 0 bridgehead atoms. The Hall–Kier alpha value is -4.51. The molecule has 0 unspecified atom stereocenters. The first-order valence-electron chi connectivity index (χ1n) is 15.4. The number of amides is 1. The van der Waals surface area contributed by atoms with Crippen LogP contribution in [-0.4, -0.2) is 72.5 Å². The Labute approximate surface area is 269 Å². The lowest BCUT2D eigenvalue weighted by atomic mass is 9.84. The number of nitrogens with one attached hydrogen (secondary N) is 2. The van der Waals surface area contributed by atoms with E-state index in [4.69, 9.17) is 5.10 Å². The highest BCUT2D eigenvalue weighted by molar-refractivity contribution is 7.89. The van der Waals surface area contributed by atoms with Crippen molar-refractivity contribution in [2.24, 2.45) is 0 Å². The van der Waals surface area contributed by atoms with E-state index in [9.17, 15) is 23.3 Å². The van der Waals surface area contributed by atoms with Crippen LogP contribution in [0.2, 0.25) is 0 Å². The maximum Gasteiger partial charge on any atom is 0.261 e. The summed E-state index contributed by atoms with van der Waals surface area (Å²) in [6.07, 6.45) is 5.99. The standard InChI is InChI=1S/C33H40N8O4S/c1-4-5-20-40(24-42)27-10-6-25(7-11-27)23-39-21-16-33(15-18-34,17-22-39)41-29-14-19-35-32(43)30(29)31(37-41)36-26-8-12-28(13-9-26)46(44,45)38(2)3/h6-14,19,24H,4-5,15-17,20-23H2,1-3H3,(H,35,43)(H,36,37). The van der Waals surface area contributed by atoms with Gasteiger partial charge in [-0.1, -0.05) is 25.5 Å². The Morgan fingerprint density at radius 2 is 1.78 bits per heavy atom. The van der Waals surface area contributed by atoms with Crippen molar-refractivity contribution in [3.63, 3.8) is 0 Å². The maximum atomic E-state index is 13.1. The highest BCUT2D eigenvalue weighted by Crippen LogP contribution is 2.38. The van der Waals surface area contributed by atoms with Crippen molar-refractivity contribution in [2.45, 2.75) is 56.0 Å². The third-order valence-electron chi connectivity index (χ3n) is 8.70. The second-order valence-electron chi connectivity index (χ2n) is 11.9. The monoisotopic (exact) mass is 644 g/mol. The van der Waals surface area contributed by atoms with Crippen LogP contribution in [0.15, 0.2) is 70.5 Å². The summed E-state index contributed by atoms with van der Waals surface area (Å²) in [6, 6.07) is 18.5. The van der Waals surface area contributed by atoms with Gasteiger partial charge >= 0.3 is 0 Å². The number of piperidine rings is 1. The van der Waals surface area contributed by atoms with Crippen LogP contribution >= 0.6 is 0 Å². The fourth-order valence-corrected chi connectivity index (χ4v) is 6.85. The second-order valence-corrected chi connectivity index (χ2v) is 14.1. The van der Waals surface area contributed by atoms with Gasteiger partial charge in [-0.05, 0) is 67.3 Å². The van der Waals surface area contributed by atoms with Gasteiger partial charge in [0.2, 0.25) is 16.4 Å². The molecule has 0 radical (unpaired) electrons. The van der Waals surface area contributed by atoms with E-state index < -0.39 is 15.6 Å². The predicted octanol–water partition coefficient (Wildman–Crippen LogP) is 4.39. The number of hydrogen-bond acceptors (Lipinski definition) is 8. The normalized spacial score (nSPS) is 15.1. The van der Waals surface area contributed by atoms with Crippen LogP contribution in [0.1, 0.15) is 44.6 Å². The lowest BCUT2D eigenvalue weighted by molar-refractivity contribution is -0.107. The van der Waals surface area contributed by atoms with E-state index in [0.29, 0.717) is 41.8 Å². The summed E-state index contributed by atoms with van der Waals surface area (Å²) in [5.74, 6) is 0.336. The molecule has 13 heteroatoms. The summed E-state index contributed by atoms with van der Waals surface area (Å²) in [4.78, 5) is 31.6. The average molecular weight is 645 g/mol. The summed E-state index contributed by atoms with van der Waals surface area (Å²) in [7, 11) is -0.633. The minimum absolute atomic E-state index is 0.155. The van der Waals surface area contributed by atoms with Crippen LogP contribution in [0.5, 0.6) is 0 Å². The van der Waals surface area contributed by atoms with E-state index in [1.165, 1.54) is 26.2 Å². The molecule has 12 nitrogen and oxygen atoms in total. The molecule has 1 aliphatic heterocycles. The molecule has 0 spiro atoms. The Bertz CT molecular complexity index is 1870. The summed E-state index contributed by atoms with van der Waals surface area (Å²) in [5, 5.41) is 18.4. The van der Waals surface area contributed by atoms with Gasteiger partial charge in [-0.25, -0.2) is 12.7 Å². The van der Waals surface area contributed by atoms with Gasteiger partial charge in [0, 0.05) is 57.8 Å². The molecule has 1 amide bonds. The molecule has 1 saturated heterocycles. The number of carbonyl (C=O) groups is 1. The Kier molecular flexibility index (Phi) is 9.91. The van der Waals surface area contributed by atoms with E-state index >= 15 is 0 Å². The first-order chi connectivity index (χ1) is 22.1.